The molecule has 4 nitrogen and oxygen atoms in total. The van der Waals surface area contributed by atoms with Crippen molar-refractivity contribution < 1.29 is 0 Å². The molecule has 0 saturated carbocycles. The Morgan fingerprint density at radius 3 is 2.43 bits per heavy atom. The summed E-state index contributed by atoms with van der Waals surface area (Å²) in [5.74, 6) is 0. The summed E-state index contributed by atoms with van der Waals surface area (Å²) < 4.78 is 1.93. The Kier molecular flexibility index (Phi) is 3.79. The summed E-state index contributed by atoms with van der Waals surface area (Å²) in [5, 5.41) is 8.51. The Bertz CT molecular complexity index is 732. The fourth-order valence-electron chi connectivity index (χ4n) is 2.46. The molecule has 0 bridgehead atoms. The third-order valence-electron chi connectivity index (χ3n) is 3.63. The number of hydrogen-bond donors (Lipinski definition) is 1. The van der Waals surface area contributed by atoms with E-state index in [-0.39, 0.29) is 0 Å². The van der Waals surface area contributed by atoms with Crippen LogP contribution in [-0.4, -0.2) is 15.0 Å². The standard InChI is InChI=1S/C17H18N4/c1-13-7-5-6-10-15(13)12-21-17(16(11-18)19-20-21)14-8-3-2-4-9-14/h2-10H,11-12,18H2,1H3. The summed E-state index contributed by atoms with van der Waals surface area (Å²) >= 11 is 0. The fraction of sp³-hybridized carbons (Fsp3) is 0.176. The first-order valence-corrected chi connectivity index (χ1v) is 7.02. The van der Waals surface area contributed by atoms with Gasteiger partial charge >= 0.3 is 0 Å². The molecule has 0 radical (unpaired) electrons. The van der Waals surface area contributed by atoms with Crippen molar-refractivity contribution in [3.05, 3.63) is 71.4 Å². The number of aryl methyl sites for hydroxylation is 1. The van der Waals surface area contributed by atoms with Crippen LogP contribution in [0.2, 0.25) is 0 Å². The van der Waals surface area contributed by atoms with E-state index in [0.717, 1.165) is 17.0 Å². The topological polar surface area (TPSA) is 56.7 Å². The van der Waals surface area contributed by atoms with E-state index < -0.39 is 0 Å². The molecule has 0 aliphatic rings. The van der Waals surface area contributed by atoms with E-state index in [1.807, 2.05) is 35.0 Å². The Labute approximate surface area is 124 Å². The van der Waals surface area contributed by atoms with Crippen molar-refractivity contribution in [3.63, 3.8) is 0 Å². The molecular weight excluding hydrogens is 260 g/mol. The Hall–Kier alpha value is -2.46. The maximum absolute atomic E-state index is 5.81. The maximum atomic E-state index is 5.81. The molecular formula is C17H18N4. The third kappa shape index (κ3) is 2.71. The van der Waals surface area contributed by atoms with Gasteiger partial charge in [0.15, 0.2) is 0 Å². The van der Waals surface area contributed by atoms with Gasteiger partial charge < -0.3 is 5.73 Å². The number of nitrogens with zero attached hydrogens (tertiary/aromatic N) is 3. The molecule has 21 heavy (non-hydrogen) atoms. The summed E-state index contributed by atoms with van der Waals surface area (Å²) in [6, 6.07) is 18.5. The Balaban J connectivity index is 2.04. The van der Waals surface area contributed by atoms with Crippen LogP contribution in [0.15, 0.2) is 54.6 Å². The van der Waals surface area contributed by atoms with Gasteiger partial charge in [-0.05, 0) is 18.1 Å². The smallest absolute Gasteiger partial charge is 0.104 e. The molecule has 0 unspecified atom stereocenters. The quantitative estimate of drug-likeness (QED) is 0.798. The molecule has 0 spiro atoms. The van der Waals surface area contributed by atoms with Crippen LogP contribution in [0.25, 0.3) is 11.3 Å². The van der Waals surface area contributed by atoms with Gasteiger partial charge in [0.05, 0.1) is 12.2 Å². The van der Waals surface area contributed by atoms with Crippen molar-refractivity contribution in [2.24, 2.45) is 5.73 Å². The molecule has 0 fully saturated rings. The van der Waals surface area contributed by atoms with Crippen LogP contribution in [0.3, 0.4) is 0 Å². The lowest BCUT2D eigenvalue weighted by atomic mass is 10.1. The van der Waals surface area contributed by atoms with Crippen molar-refractivity contribution in [2.45, 2.75) is 20.0 Å². The molecule has 3 rings (SSSR count). The van der Waals surface area contributed by atoms with Crippen LogP contribution in [0.1, 0.15) is 16.8 Å². The highest BCUT2D eigenvalue weighted by molar-refractivity contribution is 5.61. The SMILES string of the molecule is Cc1ccccc1Cn1nnc(CN)c1-c1ccccc1. The zero-order valence-corrected chi connectivity index (χ0v) is 12.0. The van der Waals surface area contributed by atoms with Gasteiger partial charge in [0.1, 0.15) is 5.69 Å². The molecule has 1 aromatic heterocycles. The van der Waals surface area contributed by atoms with E-state index in [4.69, 9.17) is 5.73 Å². The number of nitrogens with two attached hydrogens (primary N) is 1. The number of aromatic nitrogens is 3. The summed E-state index contributed by atoms with van der Waals surface area (Å²) in [6.45, 7) is 3.19. The van der Waals surface area contributed by atoms with Gasteiger partial charge in [-0.2, -0.15) is 0 Å². The zero-order chi connectivity index (χ0) is 14.7. The highest BCUT2D eigenvalue weighted by Gasteiger charge is 2.14. The van der Waals surface area contributed by atoms with Gasteiger partial charge in [-0.3, -0.25) is 0 Å². The predicted molar refractivity (Wildman–Crippen MR) is 83.6 cm³/mol. The van der Waals surface area contributed by atoms with Crippen LogP contribution in [-0.2, 0) is 13.1 Å². The largest absolute Gasteiger partial charge is 0.325 e. The Morgan fingerprint density at radius 1 is 1.00 bits per heavy atom. The van der Waals surface area contributed by atoms with Crippen LogP contribution < -0.4 is 5.73 Å². The monoisotopic (exact) mass is 278 g/mol. The number of rotatable bonds is 4. The van der Waals surface area contributed by atoms with Gasteiger partial charge in [-0.1, -0.05) is 59.8 Å². The lowest BCUT2D eigenvalue weighted by Gasteiger charge is -2.10. The molecule has 0 aliphatic carbocycles. The van der Waals surface area contributed by atoms with Gasteiger partial charge in [0, 0.05) is 12.1 Å². The lowest BCUT2D eigenvalue weighted by Crippen LogP contribution is -2.06. The van der Waals surface area contributed by atoms with Crippen LogP contribution in [0.4, 0.5) is 0 Å². The van der Waals surface area contributed by atoms with E-state index >= 15 is 0 Å². The summed E-state index contributed by atoms with van der Waals surface area (Å²) in [5.41, 5.74) is 11.2. The molecule has 2 N–H and O–H groups in total. The molecule has 0 atom stereocenters. The maximum Gasteiger partial charge on any atom is 0.104 e. The predicted octanol–water partition coefficient (Wildman–Crippen LogP) is 2.76. The molecule has 3 aromatic rings. The molecule has 0 saturated heterocycles. The fourth-order valence-corrected chi connectivity index (χ4v) is 2.46. The van der Waals surface area contributed by atoms with Crippen LogP contribution in [0.5, 0.6) is 0 Å². The van der Waals surface area contributed by atoms with E-state index in [1.165, 1.54) is 11.1 Å². The van der Waals surface area contributed by atoms with Crippen molar-refractivity contribution in [3.8, 4) is 11.3 Å². The zero-order valence-electron chi connectivity index (χ0n) is 12.0. The van der Waals surface area contributed by atoms with E-state index in [2.05, 4.69) is 41.5 Å². The third-order valence-corrected chi connectivity index (χ3v) is 3.63. The van der Waals surface area contributed by atoms with Crippen LogP contribution >= 0.6 is 0 Å². The molecule has 2 aromatic carbocycles. The molecule has 106 valence electrons. The minimum Gasteiger partial charge on any atom is -0.325 e. The summed E-state index contributed by atoms with van der Waals surface area (Å²) in [7, 11) is 0. The van der Waals surface area contributed by atoms with E-state index in [1.54, 1.807) is 0 Å². The van der Waals surface area contributed by atoms with Crippen LogP contribution in [0, 0.1) is 6.92 Å². The van der Waals surface area contributed by atoms with Gasteiger partial charge in [0.25, 0.3) is 0 Å². The lowest BCUT2D eigenvalue weighted by molar-refractivity contribution is 0.652. The van der Waals surface area contributed by atoms with Crippen molar-refractivity contribution in [1.82, 2.24) is 15.0 Å². The molecule has 0 aliphatic heterocycles. The van der Waals surface area contributed by atoms with Gasteiger partial charge in [-0.15, -0.1) is 5.10 Å². The first-order chi connectivity index (χ1) is 10.3. The number of benzene rings is 2. The van der Waals surface area contributed by atoms with Crippen molar-refractivity contribution in [2.75, 3.05) is 0 Å². The number of hydrogen-bond acceptors (Lipinski definition) is 3. The molecule has 4 heteroatoms. The van der Waals surface area contributed by atoms with Crippen molar-refractivity contribution >= 4 is 0 Å². The minimum atomic E-state index is 0.387. The second-order valence-electron chi connectivity index (χ2n) is 5.04. The minimum absolute atomic E-state index is 0.387. The first kappa shape index (κ1) is 13.5. The summed E-state index contributed by atoms with van der Waals surface area (Å²) in [6.07, 6.45) is 0. The second-order valence-corrected chi connectivity index (χ2v) is 5.04. The van der Waals surface area contributed by atoms with E-state index in [0.29, 0.717) is 13.1 Å². The van der Waals surface area contributed by atoms with E-state index in [9.17, 15) is 0 Å². The second kappa shape index (κ2) is 5.89. The average molecular weight is 278 g/mol. The highest BCUT2D eigenvalue weighted by atomic mass is 15.4. The normalized spacial score (nSPS) is 10.8. The highest BCUT2D eigenvalue weighted by Crippen LogP contribution is 2.23. The molecule has 0 amide bonds. The average Bonchev–Trinajstić information content (AvgIpc) is 2.93. The Morgan fingerprint density at radius 2 is 1.71 bits per heavy atom. The van der Waals surface area contributed by atoms with Gasteiger partial charge in [0.2, 0.25) is 0 Å². The van der Waals surface area contributed by atoms with Crippen molar-refractivity contribution in [1.29, 1.82) is 0 Å². The van der Waals surface area contributed by atoms with Gasteiger partial charge in [-0.25, -0.2) is 4.68 Å². The molecule has 1 heterocycles. The first-order valence-electron chi connectivity index (χ1n) is 7.02. The summed E-state index contributed by atoms with van der Waals surface area (Å²) in [4.78, 5) is 0.